The Bertz CT molecular complexity index is 737. The fraction of sp³-hybridized carbons (Fsp3) is 0.0625. The van der Waals surface area contributed by atoms with Crippen molar-refractivity contribution in [3.8, 4) is 0 Å². The van der Waals surface area contributed by atoms with Gasteiger partial charge in [0, 0.05) is 18.2 Å². The van der Waals surface area contributed by atoms with Gasteiger partial charge < -0.3 is 4.90 Å². The van der Waals surface area contributed by atoms with Crippen LogP contribution in [0, 0.1) is 11.6 Å². The molecule has 20 heavy (non-hydrogen) atoms. The lowest BCUT2D eigenvalue weighted by Gasteiger charge is -2.07. The summed E-state index contributed by atoms with van der Waals surface area (Å²) in [6.07, 6.45) is 1.58. The molecule has 4 heteroatoms. The zero-order valence-electron chi connectivity index (χ0n) is 10.7. The maximum atomic E-state index is 13.2. The molecule has 0 radical (unpaired) electrons. The van der Waals surface area contributed by atoms with Crippen molar-refractivity contribution in [3.05, 3.63) is 65.2 Å². The fourth-order valence-corrected chi connectivity index (χ4v) is 2.31. The van der Waals surface area contributed by atoms with E-state index in [1.54, 1.807) is 18.0 Å². The second-order valence-electron chi connectivity index (χ2n) is 4.61. The van der Waals surface area contributed by atoms with Crippen molar-refractivity contribution < 1.29 is 13.6 Å². The van der Waals surface area contributed by atoms with Crippen LogP contribution in [0.1, 0.15) is 11.1 Å². The molecule has 2 aromatic rings. The van der Waals surface area contributed by atoms with E-state index in [0.717, 1.165) is 23.4 Å². The molecule has 0 bridgehead atoms. The van der Waals surface area contributed by atoms with Crippen molar-refractivity contribution in [2.75, 3.05) is 11.9 Å². The van der Waals surface area contributed by atoms with E-state index in [9.17, 15) is 13.6 Å². The first-order chi connectivity index (χ1) is 9.58. The molecule has 2 aromatic carbocycles. The summed E-state index contributed by atoms with van der Waals surface area (Å²) in [6, 6.07) is 10.9. The molecule has 0 N–H and O–H groups in total. The van der Waals surface area contributed by atoms with E-state index in [2.05, 4.69) is 0 Å². The molecule has 1 amide bonds. The standard InChI is InChI=1S/C16H11F2NO/c1-19-15-5-3-2-4-11(15)12(16(19)20)8-10-6-7-13(17)14(18)9-10/h2-9H,1H3. The molecule has 0 atom stereocenters. The Kier molecular flexibility index (Phi) is 2.86. The van der Waals surface area contributed by atoms with Gasteiger partial charge in [0.2, 0.25) is 0 Å². The molecule has 2 nitrogen and oxygen atoms in total. The number of likely N-dealkylation sites (N-methyl/N-ethyl adjacent to an activating group) is 1. The van der Waals surface area contributed by atoms with E-state index in [4.69, 9.17) is 0 Å². The maximum Gasteiger partial charge on any atom is 0.258 e. The SMILES string of the molecule is CN1C(=O)C(=Cc2ccc(F)c(F)c2)c2ccccc21. The molecule has 0 saturated heterocycles. The summed E-state index contributed by atoms with van der Waals surface area (Å²) < 4.78 is 26.1. The van der Waals surface area contributed by atoms with E-state index >= 15 is 0 Å². The minimum atomic E-state index is -0.925. The van der Waals surface area contributed by atoms with E-state index in [1.807, 2.05) is 24.3 Å². The maximum absolute atomic E-state index is 13.2. The zero-order chi connectivity index (χ0) is 14.3. The average Bonchev–Trinajstić information content (AvgIpc) is 2.69. The zero-order valence-corrected chi connectivity index (χ0v) is 10.7. The van der Waals surface area contributed by atoms with Crippen LogP contribution in [0.25, 0.3) is 11.6 Å². The first kappa shape index (κ1) is 12.5. The van der Waals surface area contributed by atoms with Gasteiger partial charge in [0.1, 0.15) is 0 Å². The number of fused-ring (bicyclic) bond motifs is 1. The quantitative estimate of drug-likeness (QED) is 0.727. The molecular formula is C16H11F2NO. The van der Waals surface area contributed by atoms with E-state index in [0.29, 0.717) is 11.1 Å². The van der Waals surface area contributed by atoms with Crippen molar-refractivity contribution in [1.29, 1.82) is 0 Å². The predicted octanol–water partition coefficient (Wildman–Crippen LogP) is 3.48. The largest absolute Gasteiger partial charge is 0.311 e. The van der Waals surface area contributed by atoms with Crippen LogP contribution in [0.4, 0.5) is 14.5 Å². The predicted molar refractivity (Wildman–Crippen MR) is 74.1 cm³/mol. The van der Waals surface area contributed by atoms with E-state index < -0.39 is 11.6 Å². The number of halogens is 2. The number of hydrogen-bond acceptors (Lipinski definition) is 1. The number of para-hydroxylation sites is 1. The van der Waals surface area contributed by atoms with Gasteiger partial charge in [0.25, 0.3) is 5.91 Å². The molecule has 3 rings (SSSR count). The molecule has 0 saturated carbocycles. The lowest BCUT2D eigenvalue weighted by molar-refractivity contribution is -0.112. The molecule has 1 aliphatic heterocycles. The molecule has 1 heterocycles. The van der Waals surface area contributed by atoms with Crippen molar-refractivity contribution in [3.63, 3.8) is 0 Å². The second-order valence-corrected chi connectivity index (χ2v) is 4.61. The highest BCUT2D eigenvalue weighted by Crippen LogP contribution is 2.36. The summed E-state index contributed by atoms with van der Waals surface area (Å²) in [6.45, 7) is 0. The van der Waals surface area contributed by atoms with Gasteiger partial charge in [-0.05, 0) is 29.8 Å². The van der Waals surface area contributed by atoms with Gasteiger partial charge in [-0.15, -0.1) is 0 Å². The molecular weight excluding hydrogens is 260 g/mol. The van der Waals surface area contributed by atoms with Crippen LogP contribution in [0.2, 0.25) is 0 Å². The summed E-state index contributed by atoms with van der Waals surface area (Å²) in [5.74, 6) is -1.98. The van der Waals surface area contributed by atoms with Crippen LogP contribution in [-0.4, -0.2) is 13.0 Å². The van der Waals surface area contributed by atoms with Crippen LogP contribution in [0.5, 0.6) is 0 Å². The first-order valence-corrected chi connectivity index (χ1v) is 6.12. The summed E-state index contributed by atoms with van der Waals surface area (Å²) in [5.41, 5.74) is 2.54. The highest BCUT2D eigenvalue weighted by Gasteiger charge is 2.28. The second kappa shape index (κ2) is 4.56. The molecule has 0 aliphatic carbocycles. The number of hydrogen-bond donors (Lipinski definition) is 0. The Hall–Kier alpha value is -2.49. The van der Waals surface area contributed by atoms with Gasteiger partial charge in [-0.1, -0.05) is 24.3 Å². The number of rotatable bonds is 1. The molecule has 0 aromatic heterocycles. The number of benzene rings is 2. The third kappa shape index (κ3) is 1.90. The minimum Gasteiger partial charge on any atom is -0.311 e. The average molecular weight is 271 g/mol. The van der Waals surface area contributed by atoms with E-state index in [1.165, 1.54) is 6.07 Å². The van der Waals surface area contributed by atoms with Crippen LogP contribution < -0.4 is 4.90 Å². The van der Waals surface area contributed by atoms with E-state index in [-0.39, 0.29) is 5.91 Å². The Labute approximate surface area is 115 Å². The number of amides is 1. The van der Waals surface area contributed by atoms with Gasteiger partial charge >= 0.3 is 0 Å². The summed E-state index contributed by atoms with van der Waals surface area (Å²) >= 11 is 0. The highest BCUT2D eigenvalue weighted by molar-refractivity contribution is 6.35. The minimum absolute atomic E-state index is 0.157. The smallest absolute Gasteiger partial charge is 0.258 e. The van der Waals surface area contributed by atoms with Crippen LogP contribution in [0.3, 0.4) is 0 Å². The van der Waals surface area contributed by atoms with Crippen molar-refractivity contribution in [2.24, 2.45) is 0 Å². The van der Waals surface area contributed by atoms with Gasteiger partial charge in [-0.25, -0.2) is 8.78 Å². The summed E-state index contributed by atoms with van der Waals surface area (Å²) in [7, 11) is 1.69. The summed E-state index contributed by atoms with van der Waals surface area (Å²) in [5, 5.41) is 0. The van der Waals surface area contributed by atoms with Crippen molar-refractivity contribution in [2.45, 2.75) is 0 Å². The van der Waals surface area contributed by atoms with Gasteiger partial charge in [-0.2, -0.15) is 0 Å². The summed E-state index contributed by atoms with van der Waals surface area (Å²) in [4.78, 5) is 13.8. The third-order valence-corrected chi connectivity index (χ3v) is 3.35. The monoisotopic (exact) mass is 271 g/mol. The number of carbonyl (C=O) groups excluding carboxylic acids is 1. The molecule has 0 fully saturated rings. The topological polar surface area (TPSA) is 20.3 Å². The first-order valence-electron chi connectivity index (χ1n) is 6.12. The number of anilines is 1. The molecule has 1 aliphatic rings. The Morgan fingerprint density at radius 1 is 1.05 bits per heavy atom. The highest BCUT2D eigenvalue weighted by atomic mass is 19.2. The molecule has 0 unspecified atom stereocenters. The Balaban J connectivity index is 2.12. The lowest BCUT2D eigenvalue weighted by Crippen LogP contribution is -2.20. The molecule has 100 valence electrons. The molecule has 0 spiro atoms. The number of nitrogens with zero attached hydrogens (tertiary/aromatic N) is 1. The lowest BCUT2D eigenvalue weighted by atomic mass is 10.0. The van der Waals surface area contributed by atoms with Crippen LogP contribution >= 0.6 is 0 Å². The Morgan fingerprint density at radius 2 is 1.80 bits per heavy atom. The van der Waals surface area contributed by atoms with Crippen LogP contribution in [0.15, 0.2) is 42.5 Å². The van der Waals surface area contributed by atoms with Gasteiger partial charge in [0.05, 0.1) is 5.69 Å². The van der Waals surface area contributed by atoms with Crippen molar-refractivity contribution >= 4 is 23.2 Å². The van der Waals surface area contributed by atoms with Gasteiger partial charge in [-0.3, -0.25) is 4.79 Å². The fourth-order valence-electron chi connectivity index (χ4n) is 2.31. The number of carbonyl (C=O) groups is 1. The van der Waals surface area contributed by atoms with Crippen molar-refractivity contribution in [1.82, 2.24) is 0 Å². The van der Waals surface area contributed by atoms with Gasteiger partial charge in [0.15, 0.2) is 11.6 Å². The normalized spacial score (nSPS) is 15.8. The van der Waals surface area contributed by atoms with Crippen LogP contribution in [-0.2, 0) is 4.79 Å². The third-order valence-electron chi connectivity index (χ3n) is 3.35. The Morgan fingerprint density at radius 3 is 2.55 bits per heavy atom.